The first-order chi connectivity index (χ1) is 8.59. The third kappa shape index (κ3) is 2.72. The van der Waals surface area contributed by atoms with Crippen molar-refractivity contribution in [2.24, 2.45) is 0 Å². The van der Waals surface area contributed by atoms with Crippen molar-refractivity contribution in [3.63, 3.8) is 0 Å². The minimum absolute atomic E-state index is 0.240. The van der Waals surface area contributed by atoms with E-state index in [0.717, 1.165) is 4.47 Å². The molecule has 0 saturated carbocycles. The minimum atomic E-state index is -0.240. The molecule has 0 saturated heterocycles. The summed E-state index contributed by atoms with van der Waals surface area (Å²) in [5.74, 6) is -0.240. The molecular weight excluding hydrogens is 293 g/mol. The number of nitrogens with one attached hydrogen (secondary N) is 1. The first-order valence-electron chi connectivity index (χ1n) is 5.82. The Hall–Kier alpha value is -1.35. The summed E-state index contributed by atoms with van der Waals surface area (Å²) in [6, 6.07) is 11.1. The van der Waals surface area contributed by atoms with E-state index in [1.807, 2.05) is 12.1 Å². The molecule has 0 amide bonds. The molecule has 18 heavy (non-hydrogen) atoms. The van der Waals surface area contributed by atoms with Crippen LogP contribution in [0.5, 0.6) is 0 Å². The number of para-hydroxylation sites is 1. The molecule has 0 heterocycles. The molecule has 3 heteroatoms. The minimum Gasteiger partial charge on any atom is -0.378 e. The highest BCUT2D eigenvalue weighted by atomic mass is 79.9. The summed E-state index contributed by atoms with van der Waals surface area (Å²) in [4.78, 5) is 0. The van der Waals surface area contributed by atoms with Crippen LogP contribution in [0.3, 0.4) is 0 Å². The van der Waals surface area contributed by atoms with E-state index in [1.165, 1.54) is 22.8 Å². The van der Waals surface area contributed by atoms with Crippen LogP contribution >= 0.6 is 15.9 Å². The van der Waals surface area contributed by atoms with Gasteiger partial charge in [-0.1, -0.05) is 24.3 Å². The smallest absolute Gasteiger partial charge is 0.147 e. The van der Waals surface area contributed by atoms with Gasteiger partial charge in [-0.3, -0.25) is 0 Å². The van der Waals surface area contributed by atoms with Crippen molar-refractivity contribution >= 4 is 21.6 Å². The molecule has 0 atom stereocenters. The van der Waals surface area contributed by atoms with Crippen molar-refractivity contribution in [1.82, 2.24) is 0 Å². The molecule has 2 aromatic carbocycles. The molecule has 94 valence electrons. The summed E-state index contributed by atoms with van der Waals surface area (Å²) in [7, 11) is 0. The second-order valence-electron chi connectivity index (χ2n) is 4.32. The van der Waals surface area contributed by atoms with E-state index in [4.69, 9.17) is 0 Å². The first kappa shape index (κ1) is 13.1. The fourth-order valence-electron chi connectivity index (χ4n) is 1.97. The molecule has 0 unspecified atom stereocenters. The number of benzene rings is 2. The molecule has 0 aliphatic carbocycles. The maximum Gasteiger partial charge on any atom is 0.147 e. The average molecular weight is 308 g/mol. The van der Waals surface area contributed by atoms with Crippen LogP contribution in [0.25, 0.3) is 0 Å². The largest absolute Gasteiger partial charge is 0.378 e. The Balaban J connectivity index is 2.22. The molecule has 0 bridgehead atoms. The molecule has 0 radical (unpaired) electrons. The van der Waals surface area contributed by atoms with E-state index in [9.17, 15) is 4.39 Å². The summed E-state index contributed by atoms with van der Waals surface area (Å²) in [5.41, 5.74) is 4.16. The van der Waals surface area contributed by atoms with Gasteiger partial charge in [-0.2, -0.15) is 0 Å². The topological polar surface area (TPSA) is 12.0 Å². The van der Waals surface area contributed by atoms with Crippen LogP contribution in [-0.2, 0) is 6.54 Å². The van der Waals surface area contributed by atoms with Crippen molar-refractivity contribution in [3.8, 4) is 0 Å². The van der Waals surface area contributed by atoms with Crippen LogP contribution in [0, 0.1) is 19.7 Å². The lowest BCUT2D eigenvalue weighted by Gasteiger charge is -2.13. The number of aryl methyl sites for hydroxylation is 2. The normalized spacial score (nSPS) is 10.4. The molecule has 0 spiro atoms. The van der Waals surface area contributed by atoms with Gasteiger partial charge in [-0.15, -0.1) is 0 Å². The number of anilines is 1. The van der Waals surface area contributed by atoms with Gasteiger partial charge in [-0.05, 0) is 58.6 Å². The van der Waals surface area contributed by atoms with Gasteiger partial charge in [0.25, 0.3) is 0 Å². The molecule has 2 aromatic rings. The van der Waals surface area contributed by atoms with Gasteiger partial charge in [0.05, 0.1) is 5.69 Å². The zero-order valence-corrected chi connectivity index (χ0v) is 12.0. The summed E-state index contributed by atoms with van der Waals surface area (Å²) in [6.07, 6.45) is 0. The maximum absolute atomic E-state index is 13.7. The summed E-state index contributed by atoms with van der Waals surface area (Å²) >= 11 is 3.36. The predicted molar refractivity (Wildman–Crippen MR) is 77.3 cm³/mol. The van der Waals surface area contributed by atoms with Gasteiger partial charge in [0, 0.05) is 11.0 Å². The van der Waals surface area contributed by atoms with Crippen LogP contribution in [0.15, 0.2) is 40.9 Å². The summed E-state index contributed by atoms with van der Waals surface area (Å²) in [6.45, 7) is 4.76. The highest BCUT2D eigenvalue weighted by Crippen LogP contribution is 2.26. The SMILES string of the molecule is Cc1cccc(C)c1CNc1c(F)cccc1Br. The van der Waals surface area contributed by atoms with Crippen molar-refractivity contribution in [1.29, 1.82) is 0 Å². The van der Waals surface area contributed by atoms with Gasteiger partial charge in [-0.25, -0.2) is 4.39 Å². The standard InChI is InChI=1S/C15H15BrFN/c1-10-5-3-6-11(2)12(10)9-18-15-13(16)7-4-8-14(15)17/h3-8,18H,9H2,1-2H3. The summed E-state index contributed by atoms with van der Waals surface area (Å²) in [5, 5.41) is 3.16. The molecule has 0 aliphatic rings. The Morgan fingerprint density at radius 3 is 2.28 bits per heavy atom. The zero-order valence-electron chi connectivity index (χ0n) is 10.4. The van der Waals surface area contributed by atoms with Gasteiger partial charge in [0.15, 0.2) is 0 Å². The van der Waals surface area contributed by atoms with E-state index in [2.05, 4.69) is 47.2 Å². The Kier molecular flexibility index (Phi) is 4.02. The third-order valence-corrected chi connectivity index (χ3v) is 3.71. The maximum atomic E-state index is 13.7. The molecule has 0 aromatic heterocycles. The lowest BCUT2D eigenvalue weighted by Crippen LogP contribution is -2.05. The van der Waals surface area contributed by atoms with Gasteiger partial charge < -0.3 is 5.32 Å². The van der Waals surface area contributed by atoms with E-state index in [0.29, 0.717) is 12.2 Å². The number of hydrogen-bond donors (Lipinski definition) is 1. The first-order valence-corrected chi connectivity index (χ1v) is 6.62. The van der Waals surface area contributed by atoms with Crippen LogP contribution in [-0.4, -0.2) is 0 Å². The second-order valence-corrected chi connectivity index (χ2v) is 5.17. The number of halogens is 2. The highest BCUT2D eigenvalue weighted by Gasteiger charge is 2.07. The van der Waals surface area contributed by atoms with Crippen LogP contribution in [0.2, 0.25) is 0 Å². The van der Waals surface area contributed by atoms with Gasteiger partial charge >= 0.3 is 0 Å². The predicted octanol–water partition coefficient (Wildman–Crippen LogP) is 4.82. The van der Waals surface area contributed by atoms with Crippen molar-refractivity contribution in [2.45, 2.75) is 20.4 Å². The Bertz CT molecular complexity index is 474. The van der Waals surface area contributed by atoms with Gasteiger partial charge in [0.2, 0.25) is 0 Å². The van der Waals surface area contributed by atoms with E-state index in [1.54, 1.807) is 6.07 Å². The fourth-order valence-corrected chi connectivity index (χ4v) is 2.45. The second kappa shape index (κ2) is 5.53. The van der Waals surface area contributed by atoms with Crippen LogP contribution < -0.4 is 5.32 Å². The molecule has 2 rings (SSSR count). The highest BCUT2D eigenvalue weighted by molar-refractivity contribution is 9.10. The molecule has 0 fully saturated rings. The quantitative estimate of drug-likeness (QED) is 0.857. The lowest BCUT2D eigenvalue weighted by atomic mass is 10.0. The average Bonchev–Trinajstić information content (AvgIpc) is 2.31. The van der Waals surface area contributed by atoms with Crippen LogP contribution in [0.1, 0.15) is 16.7 Å². The number of hydrogen-bond acceptors (Lipinski definition) is 1. The number of rotatable bonds is 3. The lowest BCUT2D eigenvalue weighted by molar-refractivity contribution is 0.629. The Morgan fingerprint density at radius 1 is 1.06 bits per heavy atom. The third-order valence-electron chi connectivity index (χ3n) is 3.05. The van der Waals surface area contributed by atoms with Gasteiger partial charge in [0.1, 0.15) is 5.82 Å². The molecular formula is C15H15BrFN. The van der Waals surface area contributed by atoms with Crippen LogP contribution in [0.4, 0.5) is 10.1 Å². The monoisotopic (exact) mass is 307 g/mol. The molecule has 0 aliphatic heterocycles. The zero-order chi connectivity index (χ0) is 13.1. The van der Waals surface area contributed by atoms with E-state index < -0.39 is 0 Å². The Labute approximate surface area is 115 Å². The Morgan fingerprint density at radius 2 is 1.67 bits per heavy atom. The van der Waals surface area contributed by atoms with E-state index >= 15 is 0 Å². The van der Waals surface area contributed by atoms with Crippen molar-refractivity contribution < 1.29 is 4.39 Å². The molecule has 1 nitrogen and oxygen atoms in total. The van der Waals surface area contributed by atoms with Crippen molar-refractivity contribution in [2.75, 3.05) is 5.32 Å². The van der Waals surface area contributed by atoms with Crippen molar-refractivity contribution in [3.05, 3.63) is 63.4 Å². The summed E-state index contributed by atoms with van der Waals surface area (Å²) < 4.78 is 14.4. The molecule has 1 N–H and O–H groups in total. The fraction of sp³-hybridized carbons (Fsp3) is 0.200. The van der Waals surface area contributed by atoms with E-state index in [-0.39, 0.29) is 5.82 Å².